The van der Waals surface area contributed by atoms with Crippen molar-refractivity contribution < 1.29 is 32.3 Å². The van der Waals surface area contributed by atoms with Crippen LogP contribution in [0.2, 0.25) is 0 Å². The Kier molecular flexibility index (Phi) is 10.5. The van der Waals surface area contributed by atoms with E-state index in [2.05, 4.69) is 14.8 Å². The molecule has 1 aliphatic rings. The molecule has 4 aromatic rings. The fraction of sp³-hybridized carbons (Fsp3) is 0.371. The van der Waals surface area contributed by atoms with Crippen LogP contribution in [-0.4, -0.2) is 73.3 Å². The number of para-hydroxylation sites is 1. The van der Waals surface area contributed by atoms with Crippen molar-refractivity contribution in [1.82, 2.24) is 15.0 Å². The molecule has 5 rings (SSSR count). The quantitative estimate of drug-likeness (QED) is 0.223. The minimum Gasteiger partial charge on any atom is -0.488 e. The lowest BCUT2D eigenvalue weighted by Gasteiger charge is -2.34. The molecule has 0 unspecified atom stereocenters. The van der Waals surface area contributed by atoms with Gasteiger partial charge in [0.25, 0.3) is 10.0 Å². The van der Waals surface area contributed by atoms with Gasteiger partial charge in [0.05, 0.1) is 19.1 Å². The molecular weight excluding hydrogens is 620 g/mol. The van der Waals surface area contributed by atoms with Crippen LogP contribution in [0.4, 0.5) is 5.69 Å². The summed E-state index contributed by atoms with van der Waals surface area (Å²) in [6.45, 7) is 8.37. The van der Waals surface area contributed by atoms with E-state index in [9.17, 15) is 18.3 Å². The first-order valence-corrected chi connectivity index (χ1v) is 17.1. The first kappa shape index (κ1) is 34.0. The summed E-state index contributed by atoms with van der Waals surface area (Å²) in [5.74, 6) is 1.95. The van der Waals surface area contributed by atoms with Crippen LogP contribution in [0.25, 0.3) is 0 Å². The van der Waals surface area contributed by atoms with E-state index in [1.54, 1.807) is 30.0 Å². The Balaban J connectivity index is 1.35. The molecular formula is C35H42N4O7S. The number of aliphatic hydroxyl groups excluding tert-OH is 1. The van der Waals surface area contributed by atoms with Crippen LogP contribution in [0.1, 0.15) is 36.4 Å². The molecule has 0 saturated heterocycles. The van der Waals surface area contributed by atoms with Crippen LogP contribution in [0.15, 0.2) is 82.2 Å². The molecule has 0 saturated carbocycles. The first-order valence-electron chi connectivity index (χ1n) is 15.6. The van der Waals surface area contributed by atoms with Crippen LogP contribution in [0.3, 0.4) is 0 Å². The van der Waals surface area contributed by atoms with E-state index in [1.165, 1.54) is 6.92 Å². The summed E-state index contributed by atoms with van der Waals surface area (Å²) in [7, 11) is -1.98. The van der Waals surface area contributed by atoms with Gasteiger partial charge in [-0.2, -0.15) is 0 Å². The third kappa shape index (κ3) is 8.31. The fourth-order valence-corrected chi connectivity index (χ4v) is 7.13. The van der Waals surface area contributed by atoms with Gasteiger partial charge < -0.3 is 24.0 Å². The Morgan fingerprint density at radius 2 is 1.79 bits per heavy atom. The molecule has 1 amide bonds. The molecule has 0 radical (unpaired) electrons. The van der Waals surface area contributed by atoms with Gasteiger partial charge in [-0.05, 0) is 75.8 Å². The summed E-state index contributed by atoms with van der Waals surface area (Å²) in [6.07, 6.45) is -0.337. The molecule has 0 aliphatic carbocycles. The highest BCUT2D eigenvalue weighted by atomic mass is 32.2. The topological polar surface area (TPSA) is 134 Å². The third-order valence-electron chi connectivity index (χ3n) is 8.25. The molecule has 3 atom stereocenters. The molecule has 2 N–H and O–H groups in total. The van der Waals surface area contributed by atoms with E-state index in [-0.39, 0.29) is 53.0 Å². The van der Waals surface area contributed by atoms with Crippen LogP contribution in [0, 0.1) is 19.8 Å². The summed E-state index contributed by atoms with van der Waals surface area (Å²) < 4.78 is 46.6. The number of hydrogen-bond acceptors (Lipinski definition) is 9. The normalized spacial score (nSPS) is 17.7. The number of sulfonamides is 1. The van der Waals surface area contributed by atoms with Crippen molar-refractivity contribution in [2.24, 2.45) is 5.92 Å². The highest BCUT2D eigenvalue weighted by molar-refractivity contribution is 7.92. The van der Waals surface area contributed by atoms with Crippen molar-refractivity contribution in [2.45, 2.75) is 57.7 Å². The lowest BCUT2D eigenvalue weighted by molar-refractivity contribution is -0.134. The second-order valence-electron chi connectivity index (χ2n) is 12.2. The minimum absolute atomic E-state index is 0.0206. The monoisotopic (exact) mass is 662 g/mol. The van der Waals surface area contributed by atoms with Crippen molar-refractivity contribution in [3.05, 3.63) is 95.4 Å². The van der Waals surface area contributed by atoms with Crippen molar-refractivity contribution >= 4 is 21.6 Å². The maximum atomic E-state index is 13.6. The van der Waals surface area contributed by atoms with Gasteiger partial charge >= 0.3 is 0 Å². The number of likely N-dealkylation sites (N-methyl/N-ethyl adjacent to an activating group) is 1. The number of carbonyl (C=O) groups is 1. The number of rotatable bonds is 11. The molecule has 0 bridgehead atoms. The molecule has 3 aromatic carbocycles. The number of carbonyl (C=O) groups excluding carboxylic acids is 1. The highest BCUT2D eigenvalue weighted by Crippen LogP contribution is 2.31. The van der Waals surface area contributed by atoms with Crippen molar-refractivity contribution in [2.75, 3.05) is 31.5 Å². The van der Waals surface area contributed by atoms with Crippen molar-refractivity contribution in [3.63, 3.8) is 0 Å². The fourth-order valence-electron chi connectivity index (χ4n) is 5.75. The third-order valence-corrected chi connectivity index (χ3v) is 9.88. The maximum absolute atomic E-state index is 13.6. The maximum Gasteiger partial charge on any atom is 0.267 e. The molecule has 250 valence electrons. The van der Waals surface area contributed by atoms with Gasteiger partial charge in [-0.15, -0.1) is 0 Å². The first-order chi connectivity index (χ1) is 22.4. The molecule has 2 heterocycles. The van der Waals surface area contributed by atoms with E-state index < -0.39 is 16.1 Å². The Labute approximate surface area is 276 Å². The van der Waals surface area contributed by atoms with E-state index in [0.29, 0.717) is 30.9 Å². The van der Waals surface area contributed by atoms with Gasteiger partial charge in [-0.25, -0.2) is 8.42 Å². The molecule has 47 heavy (non-hydrogen) atoms. The minimum atomic E-state index is -4.00. The molecule has 12 heteroatoms. The van der Waals surface area contributed by atoms with Gasteiger partial charge in [0, 0.05) is 36.8 Å². The number of ether oxygens (including phenoxy) is 2. The van der Waals surface area contributed by atoms with Crippen LogP contribution < -0.4 is 14.2 Å². The zero-order chi connectivity index (χ0) is 33.7. The number of fused-ring (bicyclic) bond motifs is 1. The predicted molar refractivity (Wildman–Crippen MR) is 178 cm³/mol. The molecule has 0 fully saturated rings. The smallest absolute Gasteiger partial charge is 0.267 e. The van der Waals surface area contributed by atoms with Crippen molar-refractivity contribution in [1.29, 1.82) is 0 Å². The summed E-state index contributed by atoms with van der Waals surface area (Å²) in [5, 5.41) is 13.7. The average Bonchev–Trinajstić information content (AvgIpc) is 3.40. The molecule has 11 nitrogen and oxygen atoms in total. The van der Waals surface area contributed by atoms with Crippen LogP contribution in [-0.2, 0) is 27.8 Å². The van der Waals surface area contributed by atoms with E-state index >= 15 is 0 Å². The summed E-state index contributed by atoms with van der Waals surface area (Å²) in [5.41, 5.74) is 2.18. The molecule has 1 aliphatic heterocycles. The van der Waals surface area contributed by atoms with Gasteiger partial charge in [-0.1, -0.05) is 42.4 Å². The van der Waals surface area contributed by atoms with Crippen molar-refractivity contribution in [3.8, 4) is 17.2 Å². The summed E-state index contributed by atoms with van der Waals surface area (Å²) in [6, 6.07) is 22.1. The van der Waals surface area contributed by atoms with Gasteiger partial charge in [0.2, 0.25) is 5.91 Å². The number of hydrogen-bond donors (Lipinski definition) is 2. The molecule has 0 spiro atoms. The van der Waals surface area contributed by atoms with E-state index in [1.807, 2.05) is 75.5 Å². The number of aromatic nitrogens is 1. The van der Waals surface area contributed by atoms with Crippen LogP contribution in [0.5, 0.6) is 17.2 Å². The van der Waals surface area contributed by atoms with Gasteiger partial charge in [0.15, 0.2) is 10.7 Å². The highest BCUT2D eigenvalue weighted by Gasteiger charge is 2.32. The van der Waals surface area contributed by atoms with Gasteiger partial charge in [-0.3, -0.25) is 14.4 Å². The predicted octanol–water partition coefficient (Wildman–Crippen LogP) is 5.17. The number of nitrogens with one attached hydrogen (secondary N) is 1. The Morgan fingerprint density at radius 3 is 2.45 bits per heavy atom. The lowest BCUT2D eigenvalue weighted by Crippen LogP contribution is -2.47. The zero-order valence-electron chi connectivity index (χ0n) is 27.3. The number of nitrogens with zero attached hydrogens (tertiary/aromatic N) is 3. The van der Waals surface area contributed by atoms with Crippen LogP contribution >= 0.6 is 0 Å². The second kappa shape index (κ2) is 14.6. The number of benzene rings is 3. The number of aryl methyl sites for hydroxylation is 2. The zero-order valence-corrected chi connectivity index (χ0v) is 28.2. The average molecular weight is 663 g/mol. The lowest BCUT2D eigenvalue weighted by atomic mass is 10.0. The Bertz CT molecular complexity index is 1760. The van der Waals surface area contributed by atoms with Gasteiger partial charge in [0.1, 0.15) is 29.0 Å². The Hall–Kier alpha value is -4.39. The Morgan fingerprint density at radius 1 is 1.09 bits per heavy atom. The number of amides is 1. The summed E-state index contributed by atoms with van der Waals surface area (Å²) in [4.78, 5) is 17.4. The van der Waals surface area contributed by atoms with E-state index in [4.69, 9.17) is 14.0 Å². The second-order valence-corrected chi connectivity index (χ2v) is 13.8. The largest absolute Gasteiger partial charge is 0.488 e. The number of anilines is 1. The SMILES string of the molecule is Cc1noc(C)c1S(=O)(=O)Nc1ccc2c(c1)CC(=O)N([C@H](C)CO)C[C@H](C)[C@H](CN(C)Cc1ccc(Oc3ccccc3)cc1)O2. The number of aliphatic hydroxyl groups is 1. The van der Waals surface area contributed by atoms with E-state index in [0.717, 1.165) is 17.1 Å². The summed E-state index contributed by atoms with van der Waals surface area (Å²) >= 11 is 0. The standard InChI is InChI=1S/C35H42N4O7S/c1-23-19-39(24(2)22-40)34(41)18-28-17-29(37-47(42,43)35-25(3)36-46-26(35)4)13-16-32(28)45-33(23)21-38(5)20-27-11-14-31(15-12-27)44-30-9-7-6-8-10-30/h6-17,23-24,33,37,40H,18-22H2,1-5H3/t23-,24+,33-/m0/s1. The molecule has 1 aromatic heterocycles.